The smallest absolute Gasteiger partial charge is 0.0912 e. The summed E-state index contributed by atoms with van der Waals surface area (Å²) in [4.78, 5) is 0. The van der Waals surface area contributed by atoms with E-state index < -0.39 is 6.10 Å². The van der Waals surface area contributed by atoms with Crippen LogP contribution in [0.25, 0.3) is 11.1 Å². The molecular formula is C17H21NO. The second kappa shape index (κ2) is 6.00. The minimum Gasteiger partial charge on any atom is -0.387 e. The molecule has 0 spiro atoms. The first-order valence-corrected chi connectivity index (χ1v) is 6.70. The molecule has 0 aliphatic rings. The Morgan fingerprint density at radius 1 is 0.947 bits per heavy atom. The van der Waals surface area contributed by atoms with E-state index >= 15 is 0 Å². The number of hydrogen-bond acceptors (Lipinski definition) is 2. The van der Waals surface area contributed by atoms with Crippen molar-refractivity contribution in [3.63, 3.8) is 0 Å². The molecule has 0 radical (unpaired) electrons. The monoisotopic (exact) mass is 255 g/mol. The fourth-order valence-corrected chi connectivity index (χ4v) is 2.12. The van der Waals surface area contributed by atoms with Crippen LogP contribution >= 0.6 is 0 Å². The highest BCUT2D eigenvalue weighted by Crippen LogP contribution is 2.25. The van der Waals surface area contributed by atoms with E-state index in [0.717, 1.165) is 16.7 Å². The Kier molecular flexibility index (Phi) is 4.35. The fraction of sp³-hybridized carbons (Fsp3) is 0.294. The Morgan fingerprint density at radius 2 is 1.63 bits per heavy atom. The third-order valence-corrected chi connectivity index (χ3v) is 3.41. The van der Waals surface area contributed by atoms with E-state index in [4.69, 9.17) is 5.73 Å². The highest BCUT2D eigenvalue weighted by atomic mass is 16.3. The summed E-state index contributed by atoms with van der Waals surface area (Å²) in [7, 11) is 0. The van der Waals surface area contributed by atoms with Gasteiger partial charge in [-0.1, -0.05) is 56.3 Å². The summed E-state index contributed by atoms with van der Waals surface area (Å²) in [6, 6.07) is 16.5. The van der Waals surface area contributed by atoms with Gasteiger partial charge in [0.1, 0.15) is 0 Å². The van der Waals surface area contributed by atoms with Crippen molar-refractivity contribution >= 4 is 0 Å². The predicted octanol–water partition coefficient (Wildman–Crippen LogP) is 3.47. The number of aliphatic hydroxyl groups excluding tert-OH is 1. The van der Waals surface area contributed by atoms with Crippen molar-refractivity contribution in [3.05, 3.63) is 59.7 Å². The van der Waals surface area contributed by atoms with E-state index in [-0.39, 0.29) is 6.54 Å². The van der Waals surface area contributed by atoms with E-state index in [9.17, 15) is 5.11 Å². The highest BCUT2D eigenvalue weighted by molar-refractivity contribution is 5.64. The standard InChI is InChI=1S/C17H21NO/c1-12(2)13-6-8-14(9-7-13)15-4-3-5-16(10-15)17(19)11-18/h3-10,12,17,19H,11,18H2,1-2H3. The summed E-state index contributed by atoms with van der Waals surface area (Å²) in [5.74, 6) is 0.541. The summed E-state index contributed by atoms with van der Waals surface area (Å²) in [5, 5.41) is 9.79. The van der Waals surface area contributed by atoms with E-state index in [2.05, 4.69) is 44.2 Å². The van der Waals surface area contributed by atoms with Gasteiger partial charge in [-0.2, -0.15) is 0 Å². The maximum absolute atomic E-state index is 9.79. The molecule has 0 aromatic heterocycles. The number of aliphatic hydroxyl groups is 1. The first kappa shape index (κ1) is 13.8. The molecule has 0 aliphatic carbocycles. The molecule has 0 heterocycles. The quantitative estimate of drug-likeness (QED) is 0.878. The van der Waals surface area contributed by atoms with Crippen molar-refractivity contribution in [3.8, 4) is 11.1 Å². The van der Waals surface area contributed by atoms with Gasteiger partial charge >= 0.3 is 0 Å². The molecular weight excluding hydrogens is 234 g/mol. The maximum Gasteiger partial charge on any atom is 0.0912 e. The zero-order valence-corrected chi connectivity index (χ0v) is 11.5. The lowest BCUT2D eigenvalue weighted by molar-refractivity contribution is 0.187. The van der Waals surface area contributed by atoms with Gasteiger partial charge in [0, 0.05) is 6.54 Å². The SMILES string of the molecule is CC(C)c1ccc(-c2cccc(C(O)CN)c2)cc1. The molecule has 2 aromatic rings. The van der Waals surface area contributed by atoms with Crippen LogP contribution in [0.2, 0.25) is 0 Å². The molecule has 100 valence electrons. The molecule has 2 nitrogen and oxygen atoms in total. The maximum atomic E-state index is 9.79. The zero-order valence-electron chi connectivity index (χ0n) is 11.5. The van der Waals surface area contributed by atoms with Crippen LogP contribution in [0.15, 0.2) is 48.5 Å². The molecule has 0 saturated carbocycles. The third-order valence-electron chi connectivity index (χ3n) is 3.41. The van der Waals surface area contributed by atoms with Crippen LogP contribution in [0.4, 0.5) is 0 Å². The minimum atomic E-state index is -0.588. The average molecular weight is 255 g/mol. The van der Waals surface area contributed by atoms with Crippen molar-refractivity contribution < 1.29 is 5.11 Å². The molecule has 19 heavy (non-hydrogen) atoms. The van der Waals surface area contributed by atoms with Crippen LogP contribution in [0.3, 0.4) is 0 Å². The lowest BCUT2D eigenvalue weighted by atomic mass is 9.97. The van der Waals surface area contributed by atoms with Crippen LogP contribution in [0.1, 0.15) is 37.0 Å². The number of benzene rings is 2. The van der Waals surface area contributed by atoms with E-state index in [1.807, 2.05) is 18.2 Å². The number of nitrogens with two attached hydrogens (primary N) is 1. The molecule has 1 atom stereocenters. The van der Waals surface area contributed by atoms with Gasteiger partial charge in [0.2, 0.25) is 0 Å². The molecule has 3 N–H and O–H groups in total. The lowest BCUT2D eigenvalue weighted by Crippen LogP contribution is -2.11. The third kappa shape index (κ3) is 3.22. The van der Waals surface area contributed by atoms with Crippen LogP contribution in [-0.4, -0.2) is 11.7 Å². The largest absolute Gasteiger partial charge is 0.387 e. The number of rotatable bonds is 4. The van der Waals surface area contributed by atoms with Gasteiger partial charge in [-0.05, 0) is 34.2 Å². The summed E-state index contributed by atoms with van der Waals surface area (Å²) in [6.07, 6.45) is -0.588. The van der Waals surface area contributed by atoms with Gasteiger partial charge in [0.25, 0.3) is 0 Å². The van der Waals surface area contributed by atoms with Crippen molar-refractivity contribution in [2.45, 2.75) is 25.9 Å². The van der Waals surface area contributed by atoms with Crippen LogP contribution in [-0.2, 0) is 0 Å². The Hall–Kier alpha value is -1.64. The molecule has 2 heteroatoms. The van der Waals surface area contributed by atoms with E-state index in [1.165, 1.54) is 5.56 Å². The van der Waals surface area contributed by atoms with Gasteiger partial charge in [-0.3, -0.25) is 0 Å². The Bertz CT molecular complexity index is 531. The van der Waals surface area contributed by atoms with Crippen LogP contribution in [0.5, 0.6) is 0 Å². The van der Waals surface area contributed by atoms with E-state index in [0.29, 0.717) is 5.92 Å². The molecule has 0 amide bonds. The van der Waals surface area contributed by atoms with Crippen molar-refractivity contribution in [1.29, 1.82) is 0 Å². The highest BCUT2D eigenvalue weighted by Gasteiger charge is 2.07. The summed E-state index contributed by atoms with van der Waals surface area (Å²) in [6.45, 7) is 4.62. The van der Waals surface area contributed by atoms with Crippen LogP contribution in [0, 0.1) is 0 Å². The minimum absolute atomic E-state index is 0.246. The van der Waals surface area contributed by atoms with Crippen molar-refractivity contribution in [2.24, 2.45) is 5.73 Å². The Morgan fingerprint density at radius 3 is 2.21 bits per heavy atom. The van der Waals surface area contributed by atoms with Gasteiger partial charge in [-0.25, -0.2) is 0 Å². The van der Waals surface area contributed by atoms with Gasteiger partial charge in [0.05, 0.1) is 6.10 Å². The summed E-state index contributed by atoms with van der Waals surface area (Å²) >= 11 is 0. The molecule has 0 aliphatic heterocycles. The molecule has 0 saturated heterocycles. The molecule has 2 aromatic carbocycles. The lowest BCUT2D eigenvalue weighted by Gasteiger charge is -2.11. The molecule has 2 rings (SSSR count). The number of hydrogen-bond donors (Lipinski definition) is 2. The summed E-state index contributed by atoms with van der Waals surface area (Å²) in [5.41, 5.74) is 9.97. The van der Waals surface area contributed by atoms with Gasteiger partial charge < -0.3 is 10.8 Å². The topological polar surface area (TPSA) is 46.2 Å². The first-order valence-electron chi connectivity index (χ1n) is 6.70. The normalized spacial score (nSPS) is 12.7. The molecule has 0 bridgehead atoms. The second-order valence-corrected chi connectivity index (χ2v) is 5.15. The second-order valence-electron chi connectivity index (χ2n) is 5.15. The van der Waals surface area contributed by atoms with Crippen molar-refractivity contribution in [2.75, 3.05) is 6.54 Å². The predicted molar refractivity (Wildman–Crippen MR) is 80.0 cm³/mol. The van der Waals surface area contributed by atoms with Gasteiger partial charge in [-0.15, -0.1) is 0 Å². The first-order chi connectivity index (χ1) is 9.11. The summed E-state index contributed by atoms with van der Waals surface area (Å²) < 4.78 is 0. The fourth-order valence-electron chi connectivity index (χ4n) is 2.12. The van der Waals surface area contributed by atoms with Crippen LogP contribution < -0.4 is 5.73 Å². The van der Waals surface area contributed by atoms with Gasteiger partial charge in [0.15, 0.2) is 0 Å². The van der Waals surface area contributed by atoms with E-state index in [1.54, 1.807) is 0 Å². The molecule has 1 unspecified atom stereocenters. The average Bonchev–Trinajstić information content (AvgIpc) is 2.46. The Labute approximate surface area is 114 Å². The van der Waals surface area contributed by atoms with Crippen molar-refractivity contribution in [1.82, 2.24) is 0 Å². The zero-order chi connectivity index (χ0) is 13.8. The Balaban J connectivity index is 2.31. The molecule has 0 fully saturated rings.